The van der Waals surface area contributed by atoms with Crippen molar-refractivity contribution in [2.75, 3.05) is 0 Å². The second kappa shape index (κ2) is 5.42. The summed E-state index contributed by atoms with van der Waals surface area (Å²) < 4.78 is 5.31. The van der Waals surface area contributed by atoms with E-state index >= 15 is 0 Å². The highest BCUT2D eigenvalue weighted by Gasteiger charge is 2.16. The van der Waals surface area contributed by atoms with Crippen molar-refractivity contribution in [2.45, 2.75) is 13.8 Å². The minimum Gasteiger partial charge on any atom is -0.345 e. The first kappa shape index (κ1) is 14.3. The molecule has 1 aromatic carbocycles. The third-order valence-corrected chi connectivity index (χ3v) is 3.92. The Morgan fingerprint density at radius 1 is 1.00 bits per heavy atom. The van der Waals surface area contributed by atoms with Crippen LogP contribution in [0.4, 0.5) is 0 Å². The number of hydrogen-bond donors (Lipinski definition) is 1. The topological polar surface area (TPSA) is 84.7 Å². The zero-order valence-electron chi connectivity index (χ0n) is 13.2. The average Bonchev–Trinajstić information content (AvgIpc) is 3.05. The summed E-state index contributed by atoms with van der Waals surface area (Å²) in [5.74, 6) is 0.654. The van der Waals surface area contributed by atoms with Crippen LogP contribution in [0.1, 0.15) is 11.3 Å². The van der Waals surface area contributed by atoms with Crippen LogP contribution in [-0.2, 0) is 0 Å². The van der Waals surface area contributed by atoms with E-state index in [0.717, 1.165) is 16.8 Å². The van der Waals surface area contributed by atoms with Crippen LogP contribution >= 0.6 is 0 Å². The molecule has 24 heavy (non-hydrogen) atoms. The van der Waals surface area contributed by atoms with Crippen molar-refractivity contribution in [2.24, 2.45) is 0 Å². The van der Waals surface area contributed by atoms with Gasteiger partial charge in [0.2, 0.25) is 11.3 Å². The summed E-state index contributed by atoms with van der Waals surface area (Å²) in [5.41, 5.74) is 3.45. The molecule has 0 fully saturated rings. The molecule has 0 aliphatic carbocycles. The Labute approximate surface area is 137 Å². The van der Waals surface area contributed by atoms with E-state index in [1.807, 2.05) is 38.1 Å². The molecule has 6 nitrogen and oxygen atoms in total. The van der Waals surface area contributed by atoms with Crippen LogP contribution in [0, 0.1) is 13.8 Å². The molecular formula is C18H14N4O2. The zero-order chi connectivity index (χ0) is 16.7. The zero-order valence-corrected chi connectivity index (χ0v) is 13.2. The van der Waals surface area contributed by atoms with E-state index in [2.05, 4.69) is 20.1 Å². The number of aromatic nitrogens is 4. The molecule has 4 aromatic rings. The number of pyridine rings is 2. The Balaban J connectivity index is 1.85. The fourth-order valence-electron chi connectivity index (χ4n) is 2.63. The van der Waals surface area contributed by atoms with Crippen LogP contribution in [0.15, 0.2) is 51.9 Å². The van der Waals surface area contributed by atoms with Gasteiger partial charge in [-0.2, -0.15) is 4.98 Å². The summed E-state index contributed by atoms with van der Waals surface area (Å²) >= 11 is 0. The first-order valence-corrected chi connectivity index (χ1v) is 7.52. The summed E-state index contributed by atoms with van der Waals surface area (Å²) in [6, 6.07) is 11.3. The molecule has 0 spiro atoms. The number of nitrogens with one attached hydrogen (secondary N) is 1. The quantitative estimate of drug-likeness (QED) is 0.613. The molecule has 3 heterocycles. The van der Waals surface area contributed by atoms with E-state index in [4.69, 9.17) is 4.52 Å². The number of nitrogens with zero attached hydrogens (tertiary/aromatic N) is 3. The summed E-state index contributed by atoms with van der Waals surface area (Å²) in [6.45, 7) is 3.85. The lowest BCUT2D eigenvalue weighted by Crippen LogP contribution is -2.07. The van der Waals surface area contributed by atoms with Gasteiger partial charge in [-0.3, -0.25) is 4.79 Å². The number of aromatic amines is 1. The number of benzene rings is 1. The Hall–Kier alpha value is -3.28. The molecule has 0 saturated heterocycles. The van der Waals surface area contributed by atoms with E-state index < -0.39 is 0 Å². The molecule has 0 saturated carbocycles. The summed E-state index contributed by atoms with van der Waals surface area (Å²) in [4.78, 5) is 24.4. The SMILES string of the molecule is Cc1ccc2c(=O)c(-c3nc(-c4ccccc4C)no3)c[nH]c2n1. The van der Waals surface area contributed by atoms with Gasteiger partial charge < -0.3 is 9.51 Å². The van der Waals surface area contributed by atoms with Gasteiger partial charge in [-0.05, 0) is 31.5 Å². The Bertz CT molecular complexity index is 1110. The Kier molecular flexibility index (Phi) is 3.23. The van der Waals surface area contributed by atoms with Crippen molar-refractivity contribution >= 4 is 11.0 Å². The summed E-state index contributed by atoms with van der Waals surface area (Å²) in [5, 5.41) is 4.50. The largest absolute Gasteiger partial charge is 0.345 e. The molecule has 0 radical (unpaired) electrons. The van der Waals surface area contributed by atoms with Crippen molar-refractivity contribution in [1.29, 1.82) is 0 Å². The molecule has 0 bridgehead atoms. The van der Waals surface area contributed by atoms with Gasteiger partial charge in [-0.15, -0.1) is 0 Å². The van der Waals surface area contributed by atoms with Gasteiger partial charge in [0.15, 0.2) is 0 Å². The standard InChI is InChI=1S/C18H14N4O2/c1-10-5-3-4-6-12(10)17-21-18(24-22-17)14-9-19-16-13(15(14)23)8-7-11(2)20-16/h3-9H,1-2H3,(H,19,20,23). The van der Waals surface area contributed by atoms with Crippen LogP contribution in [0.5, 0.6) is 0 Å². The normalized spacial score (nSPS) is 11.1. The second-order valence-corrected chi connectivity index (χ2v) is 5.62. The van der Waals surface area contributed by atoms with Gasteiger partial charge in [0.1, 0.15) is 11.2 Å². The third-order valence-electron chi connectivity index (χ3n) is 3.92. The molecule has 0 aliphatic heterocycles. The first-order valence-electron chi connectivity index (χ1n) is 7.52. The lowest BCUT2D eigenvalue weighted by Gasteiger charge is -2.00. The second-order valence-electron chi connectivity index (χ2n) is 5.62. The summed E-state index contributed by atoms with van der Waals surface area (Å²) in [6.07, 6.45) is 1.56. The predicted molar refractivity (Wildman–Crippen MR) is 90.6 cm³/mol. The van der Waals surface area contributed by atoms with Crippen molar-refractivity contribution in [1.82, 2.24) is 20.1 Å². The molecule has 0 atom stereocenters. The number of rotatable bonds is 2. The molecule has 6 heteroatoms. The lowest BCUT2D eigenvalue weighted by atomic mass is 10.1. The third kappa shape index (κ3) is 2.28. The lowest BCUT2D eigenvalue weighted by molar-refractivity contribution is 0.432. The maximum absolute atomic E-state index is 12.7. The molecule has 0 unspecified atom stereocenters. The van der Waals surface area contributed by atoms with Gasteiger partial charge in [-0.1, -0.05) is 29.4 Å². The van der Waals surface area contributed by atoms with Gasteiger partial charge in [0.25, 0.3) is 5.89 Å². The van der Waals surface area contributed by atoms with Crippen molar-refractivity contribution < 1.29 is 4.52 Å². The molecule has 4 rings (SSSR count). The van der Waals surface area contributed by atoms with Crippen LogP contribution in [0.2, 0.25) is 0 Å². The fourth-order valence-corrected chi connectivity index (χ4v) is 2.63. The smallest absolute Gasteiger partial charge is 0.263 e. The van der Waals surface area contributed by atoms with Gasteiger partial charge in [-0.25, -0.2) is 4.98 Å². The number of fused-ring (bicyclic) bond motifs is 1. The van der Waals surface area contributed by atoms with Crippen LogP contribution in [0.25, 0.3) is 33.9 Å². The van der Waals surface area contributed by atoms with E-state index in [-0.39, 0.29) is 11.3 Å². The van der Waals surface area contributed by atoms with Gasteiger partial charge >= 0.3 is 0 Å². The number of hydrogen-bond acceptors (Lipinski definition) is 5. The molecule has 118 valence electrons. The number of aryl methyl sites for hydroxylation is 2. The monoisotopic (exact) mass is 318 g/mol. The first-order chi connectivity index (χ1) is 11.6. The van der Waals surface area contributed by atoms with Gasteiger partial charge in [0, 0.05) is 17.5 Å². The van der Waals surface area contributed by atoms with E-state index in [9.17, 15) is 4.79 Å². The van der Waals surface area contributed by atoms with E-state index in [1.165, 1.54) is 0 Å². The maximum Gasteiger partial charge on any atom is 0.263 e. The molecule has 0 amide bonds. The fraction of sp³-hybridized carbons (Fsp3) is 0.111. The minimum absolute atomic E-state index is 0.184. The highest BCUT2D eigenvalue weighted by molar-refractivity contribution is 5.79. The van der Waals surface area contributed by atoms with E-state index in [1.54, 1.807) is 18.3 Å². The van der Waals surface area contributed by atoms with Crippen LogP contribution in [0.3, 0.4) is 0 Å². The number of H-pyrrole nitrogens is 1. The Morgan fingerprint density at radius 2 is 1.83 bits per heavy atom. The predicted octanol–water partition coefficient (Wildman–Crippen LogP) is 3.26. The molecular weight excluding hydrogens is 304 g/mol. The molecule has 0 aliphatic rings. The van der Waals surface area contributed by atoms with Crippen molar-refractivity contribution in [3.05, 3.63) is 64.1 Å². The highest BCUT2D eigenvalue weighted by atomic mass is 16.5. The maximum atomic E-state index is 12.7. The van der Waals surface area contributed by atoms with Crippen molar-refractivity contribution in [3.8, 4) is 22.8 Å². The van der Waals surface area contributed by atoms with Crippen LogP contribution < -0.4 is 5.43 Å². The molecule has 3 aromatic heterocycles. The van der Waals surface area contributed by atoms with E-state index in [0.29, 0.717) is 22.4 Å². The molecule has 1 N–H and O–H groups in total. The summed E-state index contributed by atoms with van der Waals surface area (Å²) in [7, 11) is 0. The van der Waals surface area contributed by atoms with Crippen LogP contribution in [-0.4, -0.2) is 20.1 Å². The average molecular weight is 318 g/mol. The Morgan fingerprint density at radius 3 is 2.67 bits per heavy atom. The van der Waals surface area contributed by atoms with Crippen molar-refractivity contribution in [3.63, 3.8) is 0 Å². The minimum atomic E-state index is -0.184. The van der Waals surface area contributed by atoms with Gasteiger partial charge in [0.05, 0.1) is 5.39 Å². The highest BCUT2D eigenvalue weighted by Crippen LogP contribution is 2.23.